The lowest BCUT2D eigenvalue weighted by Crippen LogP contribution is -2.50. The van der Waals surface area contributed by atoms with Crippen LogP contribution < -0.4 is 32.0 Å². The molecule has 5 unspecified atom stereocenters. The maximum absolute atomic E-state index is 13.7. The molecule has 17 nitrogen and oxygen atoms in total. The number of aldehydes is 1. The van der Waals surface area contributed by atoms with Crippen LogP contribution in [0.1, 0.15) is 67.5 Å². The van der Waals surface area contributed by atoms with Crippen molar-refractivity contribution in [3.05, 3.63) is 86.7 Å². The van der Waals surface area contributed by atoms with E-state index in [0.29, 0.717) is 37.2 Å². The summed E-state index contributed by atoms with van der Waals surface area (Å²) in [5.41, 5.74) is 10.6. The number of para-hydroxylation sites is 1. The number of amides is 2. The van der Waals surface area contributed by atoms with Gasteiger partial charge in [0, 0.05) is 48.6 Å². The van der Waals surface area contributed by atoms with Gasteiger partial charge in [-0.2, -0.15) is 0 Å². The van der Waals surface area contributed by atoms with E-state index in [1.165, 1.54) is 14.0 Å². The summed E-state index contributed by atoms with van der Waals surface area (Å²) in [6.07, 6.45) is -4.12. The number of nitrogens with two attached hydrogens (primary N) is 1. The third-order valence-electron chi connectivity index (χ3n) is 10.6. The van der Waals surface area contributed by atoms with E-state index in [9.17, 15) is 39.3 Å². The van der Waals surface area contributed by atoms with Gasteiger partial charge in [-0.3, -0.25) is 14.4 Å². The number of aliphatic hydroxyl groups excluding tert-OH is 2. The fourth-order valence-corrected chi connectivity index (χ4v) is 7.31. The number of nitrogens with one attached hydrogen (secondary N) is 3. The number of hydrogen-bond donors (Lipinski definition) is 7. The van der Waals surface area contributed by atoms with Crippen molar-refractivity contribution >= 4 is 40.7 Å². The number of carboxylic acids is 1. The molecule has 0 spiro atoms. The molecule has 0 saturated carbocycles. The number of rotatable bonds is 17. The number of carboxylic acid groups (broad SMARTS) is 1. The first-order valence-electron chi connectivity index (χ1n) is 19.4. The first-order chi connectivity index (χ1) is 28.2. The number of aliphatic hydroxyl groups is 2. The summed E-state index contributed by atoms with van der Waals surface area (Å²) in [6.45, 7) is 6.10. The number of ether oxygens (including phenoxy) is 3. The van der Waals surface area contributed by atoms with Crippen LogP contribution in [0.25, 0.3) is 22.3 Å². The zero-order valence-electron chi connectivity index (χ0n) is 33.3. The molecule has 0 aliphatic carbocycles. The predicted molar refractivity (Wildman–Crippen MR) is 215 cm³/mol. The van der Waals surface area contributed by atoms with Crippen LogP contribution in [0.5, 0.6) is 5.75 Å². The van der Waals surface area contributed by atoms with Gasteiger partial charge in [-0.15, -0.1) is 0 Å². The van der Waals surface area contributed by atoms with E-state index in [-0.39, 0.29) is 60.0 Å². The fourth-order valence-electron chi connectivity index (χ4n) is 7.31. The number of aliphatic carboxylic acids is 1. The smallest absolute Gasteiger partial charge is 0.333 e. The molecule has 1 saturated heterocycles. The summed E-state index contributed by atoms with van der Waals surface area (Å²) < 4.78 is 18.6. The maximum atomic E-state index is 13.7. The number of methoxy groups -OCH3 is 1. The van der Waals surface area contributed by atoms with Crippen LogP contribution in [0.3, 0.4) is 0 Å². The molecule has 6 atom stereocenters. The first kappa shape index (κ1) is 43.0. The second-order valence-corrected chi connectivity index (χ2v) is 15.2. The molecule has 314 valence electrons. The third-order valence-corrected chi connectivity index (χ3v) is 10.6. The topological polar surface area (TPSA) is 254 Å². The van der Waals surface area contributed by atoms with E-state index in [2.05, 4.69) is 16.0 Å². The number of pyridine rings is 2. The van der Waals surface area contributed by atoms with E-state index in [1.807, 2.05) is 24.3 Å². The average Bonchev–Trinajstić information content (AvgIpc) is 3.58. The summed E-state index contributed by atoms with van der Waals surface area (Å²) >= 11 is 0. The number of benzene rings is 2. The number of fused-ring (bicyclic) bond motifs is 4. The Kier molecular flexibility index (Phi) is 13.5. The highest BCUT2D eigenvalue weighted by atomic mass is 16.7. The van der Waals surface area contributed by atoms with E-state index < -0.39 is 54.5 Å². The molecule has 2 aromatic carbocycles. The van der Waals surface area contributed by atoms with Crippen LogP contribution in [0.4, 0.5) is 5.69 Å². The highest BCUT2D eigenvalue weighted by molar-refractivity contribution is 5.98. The van der Waals surface area contributed by atoms with Gasteiger partial charge < -0.3 is 60.6 Å². The quantitative estimate of drug-likeness (QED) is 0.0523. The van der Waals surface area contributed by atoms with Crippen molar-refractivity contribution in [2.75, 3.05) is 19.0 Å². The van der Waals surface area contributed by atoms with Gasteiger partial charge in [0.25, 0.3) is 5.56 Å². The highest BCUT2D eigenvalue weighted by Gasteiger charge is 2.35. The van der Waals surface area contributed by atoms with Crippen LogP contribution in [-0.4, -0.2) is 93.2 Å². The number of carbonyl (C=O) groups excluding carboxylic acids is 3. The molecule has 59 heavy (non-hydrogen) atoms. The lowest BCUT2D eigenvalue weighted by molar-refractivity contribution is -0.195. The van der Waals surface area contributed by atoms with Gasteiger partial charge in [-0.1, -0.05) is 38.1 Å². The molecule has 0 bridgehead atoms. The Morgan fingerprint density at radius 2 is 1.85 bits per heavy atom. The summed E-state index contributed by atoms with van der Waals surface area (Å²) in [6, 6.07) is 12.6. The van der Waals surface area contributed by atoms with Crippen molar-refractivity contribution in [3.8, 4) is 17.1 Å². The largest absolute Gasteiger partial charge is 0.479 e. The van der Waals surface area contributed by atoms with Crippen molar-refractivity contribution in [1.29, 1.82) is 0 Å². The Hall–Kier alpha value is -5.56. The molecular weight excluding hydrogens is 764 g/mol. The minimum atomic E-state index is -1.50. The normalized spacial score (nSPS) is 18.7. The van der Waals surface area contributed by atoms with Crippen molar-refractivity contribution in [2.45, 2.75) is 96.4 Å². The van der Waals surface area contributed by atoms with Gasteiger partial charge in [0.15, 0.2) is 12.4 Å². The van der Waals surface area contributed by atoms with E-state index in [0.717, 1.165) is 27.6 Å². The number of aromatic nitrogens is 2. The zero-order valence-corrected chi connectivity index (χ0v) is 33.3. The second kappa shape index (κ2) is 18.6. The van der Waals surface area contributed by atoms with Gasteiger partial charge in [0.2, 0.25) is 18.1 Å². The van der Waals surface area contributed by atoms with Crippen LogP contribution in [0.15, 0.2) is 53.3 Å². The van der Waals surface area contributed by atoms with Crippen LogP contribution in [0, 0.1) is 5.92 Å². The van der Waals surface area contributed by atoms with Crippen LogP contribution in [0.2, 0.25) is 0 Å². The predicted octanol–water partition coefficient (Wildman–Crippen LogP) is 1.89. The third kappa shape index (κ3) is 9.51. The molecular formula is C42H50N6O11. The second-order valence-electron chi connectivity index (χ2n) is 15.2. The Balaban J connectivity index is 1.22. The van der Waals surface area contributed by atoms with Crippen molar-refractivity contribution < 1.29 is 48.7 Å². The first-order valence-corrected chi connectivity index (χ1v) is 19.4. The fraction of sp³-hybridized carbons (Fsp3) is 0.429. The van der Waals surface area contributed by atoms with Gasteiger partial charge in [-0.05, 0) is 61.2 Å². The van der Waals surface area contributed by atoms with E-state index in [1.54, 1.807) is 42.7 Å². The van der Waals surface area contributed by atoms with E-state index >= 15 is 0 Å². The zero-order chi connectivity index (χ0) is 42.5. The monoisotopic (exact) mass is 814 g/mol. The van der Waals surface area contributed by atoms with Crippen molar-refractivity contribution in [2.24, 2.45) is 11.7 Å². The average molecular weight is 815 g/mol. The molecule has 2 aliphatic rings. The lowest BCUT2D eigenvalue weighted by Gasteiger charge is -2.31. The molecule has 17 heteroatoms. The van der Waals surface area contributed by atoms with Gasteiger partial charge in [0.1, 0.15) is 17.9 Å². The Labute approximate surface area is 339 Å². The summed E-state index contributed by atoms with van der Waals surface area (Å²) in [5.74, 6) is -2.26. The van der Waals surface area contributed by atoms with Crippen molar-refractivity contribution in [3.63, 3.8) is 0 Å². The maximum Gasteiger partial charge on any atom is 0.333 e. The lowest BCUT2D eigenvalue weighted by atomic mass is 9.97. The Morgan fingerprint density at radius 1 is 1.08 bits per heavy atom. The summed E-state index contributed by atoms with van der Waals surface area (Å²) in [4.78, 5) is 67.7. The van der Waals surface area contributed by atoms with Gasteiger partial charge in [0.05, 0.1) is 47.9 Å². The molecule has 6 rings (SSSR count). The molecule has 1 fully saturated rings. The van der Waals surface area contributed by atoms with Crippen LogP contribution >= 0.6 is 0 Å². The number of hydrogen-bond acceptors (Lipinski definition) is 13. The minimum Gasteiger partial charge on any atom is -0.479 e. The molecule has 2 amide bonds. The van der Waals surface area contributed by atoms with Gasteiger partial charge >= 0.3 is 5.97 Å². The van der Waals surface area contributed by atoms with Crippen molar-refractivity contribution in [1.82, 2.24) is 20.2 Å². The summed E-state index contributed by atoms with van der Waals surface area (Å²) in [5, 5.41) is 40.2. The number of carbonyl (C=O) groups is 4. The standard InChI is InChI=1S/C42H50N6O11/c1-21(2)37(43)40(53)45-22(3)39(52)47-31-10-9-23(13-34(31)58-36-15-24(50)14-35(59-36)42(55)56)17-44-12-11-25-26-7-5-6-8-30(26)46-38-28(25)18-48-32(38)16-27(33(51)19-49)29(20-57-4)41(48)54/h5-10,13,16,19,21-22,24,33,35-37,44,50-51H,11-12,14-15,17-18,20,43H2,1-4H3,(H,45,53)(H,47,52)(H,55,56)/t22-,24?,33?,35?,36?,37?/m0/s1. The number of anilines is 1. The minimum absolute atomic E-state index is 0.00787. The van der Waals surface area contributed by atoms with E-state index in [4.69, 9.17) is 24.9 Å². The van der Waals surface area contributed by atoms with Crippen LogP contribution in [-0.2, 0) is 54.8 Å². The molecule has 4 heterocycles. The molecule has 0 radical (unpaired) electrons. The Bertz CT molecular complexity index is 2300. The molecule has 2 aliphatic heterocycles. The molecule has 8 N–H and O–H groups in total. The van der Waals surface area contributed by atoms with Gasteiger partial charge in [-0.25, -0.2) is 9.78 Å². The summed E-state index contributed by atoms with van der Waals surface area (Å²) in [7, 11) is 1.44. The highest BCUT2D eigenvalue weighted by Crippen LogP contribution is 2.37. The Morgan fingerprint density at radius 3 is 2.56 bits per heavy atom. The molecule has 2 aromatic heterocycles. The number of nitrogens with zero attached hydrogens (tertiary/aromatic N) is 2. The molecule has 4 aromatic rings. The SMILES string of the molecule is COCc1c(C(O)C=O)cc2n(c1=O)Cc1c-2nc2ccccc2c1CCNCc1ccc(NC(=O)[C@H](C)NC(=O)C(N)C(C)C)c(OC2CC(O)CC(C(=O)O)O2)c1.